The molecule has 0 aliphatic carbocycles. The molecule has 0 amide bonds. The molecule has 1 aromatic heterocycles. The van der Waals surface area contributed by atoms with Crippen molar-refractivity contribution in [2.75, 3.05) is 19.6 Å². The summed E-state index contributed by atoms with van der Waals surface area (Å²) in [5, 5.41) is 18.8. The van der Waals surface area contributed by atoms with Crippen LogP contribution in [0.1, 0.15) is 56.1 Å². The Morgan fingerprint density at radius 2 is 2.04 bits per heavy atom. The quantitative estimate of drug-likeness (QED) is 0.915. The molecule has 0 saturated carbocycles. The van der Waals surface area contributed by atoms with Crippen LogP contribution in [-0.2, 0) is 0 Å². The number of hydrogen-bond donors (Lipinski definition) is 1. The van der Waals surface area contributed by atoms with Gasteiger partial charge in [-0.2, -0.15) is 0 Å². The summed E-state index contributed by atoms with van der Waals surface area (Å²) in [4.78, 5) is 2.27. The van der Waals surface area contributed by atoms with Crippen LogP contribution in [0.5, 0.6) is 0 Å². The predicted octanol–water partition coefficient (Wildman–Crippen LogP) is 2.91. The molecule has 1 saturated heterocycles. The maximum Gasteiger partial charge on any atom is 0.137 e. The Morgan fingerprint density at radius 1 is 1.29 bits per heavy atom. The fourth-order valence-corrected chi connectivity index (χ4v) is 3.41. The summed E-state index contributed by atoms with van der Waals surface area (Å²) in [6.45, 7) is 6.64. The van der Waals surface area contributed by atoms with Gasteiger partial charge in [-0.25, -0.2) is 4.39 Å². The lowest BCUT2D eigenvalue weighted by molar-refractivity contribution is 0.0938. The molecule has 0 bridgehead atoms. The summed E-state index contributed by atoms with van der Waals surface area (Å²) in [5.41, 5.74) is 0.754. The van der Waals surface area contributed by atoms with Crippen LogP contribution >= 0.6 is 0 Å². The summed E-state index contributed by atoms with van der Waals surface area (Å²) >= 11 is 0. The molecular weight excluding hydrogens is 307 g/mol. The standard InChI is InChI=1S/C18H25FN4O/c1-13(2)23-12-20-21-18(23)15-4-3-9-22(10-15)11-17(24)14-5-7-16(19)8-6-14/h5-8,12-13,15,17,24H,3-4,9-11H2,1-2H3. The van der Waals surface area contributed by atoms with Crippen LogP contribution in [0.15, 0.2) is 30.6 Å². The number of rotatable bonds is 5. The van der Waals surface area contributed by atoms with E-state index in [2.05, 4.69) is 33.5 Å². The smallest absolute Gasteiger partial charge is 0.137 e. The molecule has 2 unspecified atom stereocenters. The highest BCUT2D eigenvalue weighted by molar-refractivity contribution is 5.18. The molecule has 1 fully saturated rings. The second-order valence-corrected chi connectivity index (χ2v) is 6.86. The molecule has 1 aliphatic heterocycles. The van der Waals surface area contributed by atoms with Crippen LogP contribution in [0.25, 0.3) is 0 Å². The summed E-state index contributed by atoms with van der Waals surface area (Å²) in [6.07, 6.45) is 3.36. The normalized spacial score (nSPS) is 20.5. The molecule has 5 nitrogen and oxygen atoms in total. The third-order valence-electron chi connectivity index (χ3n) is 4.71. The lowest BCUT2D eigenvalue weighted by Crippen LogP contribution is -2.38. The highest BCUT2D eigenvalue weighted by atomic mass is 19.1. The van der Waals surface area contributed by atoms with Crippen molar-refractivity contribution in [1.82, 2.24) is 19.7 Å². The van der Waals surface area contributed by atoms with Crippen molar-refractivity contribution >= 4 is 0 Å². The zero-order valence-corrected chi connectivity index (χ0v) is 14.3. The summed E-state index contributed by atoms with van der Waals surface area (Å²) in [5.74, 6) is 1.09. The van der Waals surface area contributed by atoms with Crippen molar-refractivity contribution in [2.45, 2.75) is 44.8 Å². The number of aliphatic hydroxyl groups is 1. The van der Waals surface area contributed by atoms with Crippen molar-refractivity contribution in [3.63, 3.8) is 0 Å². The molecule has 1 aromatic carbocycles. The Balaban J connectivity index is 1.65. The van der Waals surface area contributed by atoms with Crippen molar-refractivity contribution in [2.24, 2.45) is 0 Å². The molecule has 6 heteroatoms. The first kappa shape index (κ1) is 17.0. The molecule has 1 N–H and O–H groups in total. The molecular formula is C18H25FN4O. The Hall–Kier alpha value is -1.79. The third-order valence-corrected chi connectivity index (χ3v) is 4.71. The average Bonchev–Trinajstić information content (AvgIpc) is 3.05. The zero-order valence-electron chi connectivity index (χ0n) is 14.3. The number of aromatic nitrogens is 3. The Morgan fingerprint density at radius 3 is 2.75 bits per heavy atom. The van der Waals surface area contributed by atoms with Gasteiger partial charge in [0.2, 0.25) is 0 Å². The number of aliphatic hydroxyl groups excluding tert-OH is 1. The van der Waals surface area contributed by atoms with E-state index in [1.807, 2.05) is 0 Å². The van der Waals surface area contributed by atoms with E-state index >= 15 is 0 Å². The van der Waals surface area contributed by atoms with Gasteiger partial charge in [-0.05, 0) is 50.9 Å². The van der Waals surface area contributed by atoms with Gasteiger partial charge in [0.25, 0.3) is 0 Å². The van der Waals surface area contributed by atoms with Gasteiger partial charge in [-0.15, -0.1) is 10.2 Å². The highest BCUT2D eigenvalue weighted by Gasteiger charge is 2.27. The number of halogens is 1. The van der Waals surface area contributed by atoms with Crippen LogP contribution in [0.2, 0.25) is 0 Å². The first-order valence-corrected chi connectivity index (χ1v) is 8.60. The lowest BCUT2D eigenvalue weighted by atomic mass is 9.96. The Kier molecular flexibility index (Phi) is 5.26. The van der Waals surface area contributed by atoms with Gasteiger partial charge < -0.3 is 9.67 Å². The molecule has 2 heterocycles. The van der Waals surface area contributed by atoms with Crippen molar-refractivity contribution < 1.29 is 9.50 Å². The van der Waals surface area contributed by atoms with Crippen LogP contribution < -0.4 is 0 Å². The number of hydrogen-bond acceptors (Lipinski definition) is 4. The minimum absolute atomic E-state index is 0.281. The SMILES string of the molecule is CC(C)n1cnnc1C1CCCN(CC(O)c2ccc(F)cc2)C1. The number of β-amino-alcohol motifs (C(OH)–C–C–N with tert-alkyl or cyclic N) is 1. The molecule has 130 valence electrons. The van der Waals surface area contributed by atoms with E-state index in [0.29, 0.717) is 18.5 Å². The molecule has 0 radical (unpaired) electrons. The van der Waals surface area contributed by atoms with E-state index in [4.69, 9.17) is 0 Å². The van der Waals surface area contributed by atoms with Gasteiger partial charge >= 0.3 is 0 Å². The summed E-state index contributed by atoms with van der Waals surface area (Å²) in [7, 11) is 0. The van der Waals surface area contributed by atoms with Gasteiger partial charge in [0.15, 0.2) is 0 Å². The Bertz CT molecular complexity index is 655. The lowest BCUT2D eigenvalue weighted by Gasteiger charge is -2.34. The maximum absolute atomic E-state index is 13.0. The Labute approximate surface area is 142 Å². The van der Waals surface area contributed by atoms with Gasteiger partial charge in [0, 0.05) is 25.0 Å². The molecule has 3 rings (SSSR count). The maximum atomic E-state index is 13.0. The minimum atomic E-state index is -0.604. The largest absolute Gasteiger partial charge is 0.387 e. The predicted molar refractivity (Wildman–Crippen MR) is 90.2 cm³/mol. The molecule has 0 spiro atoms. The number of benzene rings is 1. The number of nitrogens with zero attached hydrogens (tertiary/aromatic N) is 4. The van der Waals surface area contributed by atoms with E-state index in [1.165, 1.54) is 12.1 Å². The van der Waals surface area contributed by atoms with E-state index < -0.39 is 6.10 Å². The molecule has 1 aliphatic rings. The van der Waals surface area contributed by atoms with Crippen molar-refractivity contribution in [3.05, 3.63) is 47.8 Å². The second kappa shape index (κ2) is 7.40. The fraction of sp³-hybridized carbons (Fsp3) is 0.556. The van der Waals surface area contributed by atoms with Gasteiger partial charge in [0.1, 0.15) is 18.0 Å². The second-order valence-electron chi connectivity index (χ2n) is 6.86. The third kappa shape index (κ3) is 3.82. The highest BCUT2D eigenvalue weighted by Crippen LogP contribution is 2.28. The van der Waals surface area contributed by atoms with Crippen LogP contribution in [0.3, 0.4) is 0 Å². The molecule has 2 aromatic rings. The van der Waals surface area contributed by atoms with Crippen LogP contribution in [0.4, 0.5) is 4.39 Å². The number of piperidine rings is 1. The monoisotopic (exact) mass is 332 g/mol. The van der Waals surface area contributed by atoms with E-state index in [9.17, 15) is 9.50 Å². The first-order valence-electron chi connectivity index (χ1n) is 8.60. The van der Waals surface area contributed by atoms with Gasteiger partial charge in [-0.1, -0.05) is 12.1 Å². The van der Waals surface area contributed by atoms with Gasteiger partial charge in [-0.3, -0.25) is 4.90 Å². The van der Waals surface area contributed by atoms with E-state index in [-0.39, 0.29) is 5.82 Å². The minimum Gasteiger partial charge on any atom is -0.387 e. The van der Waals surface area contributed by atoms with Crippen LogP contribution in [0, 0.1) is 5.82 Å². The van der Waals surface area contributed by atoms with Crippen molar-refractivity contribution in [3.8, 4) is 0 Å². The summed E-state index contributed by atoms with van der Waals surface area (Å²) < 4.78 is 15.1. The first-order chi connectivity index (χ1) is 11.5. The van der Waals surface area contributed by atoms with E-state index in [1.54, 1.807) is 18.5 Å². The summed E-state index contributed by atoms with van der Waals surface area (Å²) in [6, 6.07) is 6.43. The molecule has 24 heavy (non-hydrogen) atoms. The van der Waals surface area contributed by atoms with E-state index in [0.717, 1.165) is 37.3 Å². The van der Waals surface area contributed by atoms with Crippen LogP contribution in [-0.4, -0.2) is 44.4 Å². The van der Waals surface area contributed by atoms with Gasteiger partial charge in [0.05, 0.1) is 6.10 Å². The fourth-order valence-electron chi connectivity index (χ4n) is 3.41. The van der Waals surface area contributed by atoms with Crippen molar-refractivity contribution in [1.29, 1.82) is 0 Å². The average molecular weight is 332 g/mol. The topological polar surface area (TPSA) is 54.2 Å². The molecule has 2 atom stereocenters. The zero-order chi connectivity index (χ0) is 17.1. The number of likely N-dealkylation sites (tertiary alicyclic amines) is 1.